The summed E-state index contributed by atoms with van der Waals surface area (Å²) in [6, 6.07) is 11.8. The highest BCUT2D eigenvalue weighted by molar-refractivity contribution is 9.10. The molecule has 0 bridgehead atoms. The van der Waals surface area contributed by atoms with Crippen LogP contribution >= 0.6 is 15.9 Å². The number of nitrogens with one attached hydrogen (secondary N) is 2. The molecule has 2 amide bonds. The van der Waals surface area contributed by atoms with Crippen LogP contribution in [0, 0.1) is 0 Å². The van der Waals surface area contributed by atoms with E-state index in [1.165, 1.54) is 25.3 Å². The number of carbonyl (C=O) groups excluding carboxylic acids is 3. The smallest absolute Gasteiger partial charge is 0.338 e. The summed E-state index contributed by atoms with van der Waals surface area (Å²) in [5.74, 6) is -0.757. The van der Waals surface area contributed by atoms with Crippen molar-refractivity contribution < 1.29 is 28.6 Å². The first-order valence-corrected chi connectivity index (χ1v) is 10.1. The van der Waals surface area contributed by atoms with E-state index in [0.29, 0.717) is 11.4 Å². The van der Waals surface area contributed by atoms with Gasteiger partial charge in [-0.3, -0.25) is 9.59 Å². The van der Waals surface area contributed by atoms with Crippen LogP contribution in [-0.4, -0.2) is 44.1 Å². The number of rotatable bonds is 9. The van der Waals surface area contributed by atoms with Crippen LogP contribution in [0.4, 0.5) is 5.69 Å². The molecule has 8 nitrogen and oxygen atoms in total. The lowest BCUT2D eigenvalue weighted by atomic mass is 10.2. The Balaban J connectivity index is 1.52. The van der Waals surface area contributed by atoms with Gasteiger partial charge in [0.05, 0.1) is 12.7 Å². The molecule has 1 aliphatic carbocycles. The normalized spacial score (nSPS) is 12.6. The second-order valence-electron chi connectivity index (χ2n) is 6.63. The SMILES string of the molecule is COc1cc(C(=O)OCC(=O)NC2CC2)ccc1OCC(=O)Nc1ccc(Br)cc1. The molecule has 1 fully saturated rings. The molecule has 2 aromatic carbocycles. The highest BCUT2D eigenvalue weighted by Crippen LogP contribution is 2.28. The van der Waals surface area contributed by atoms with Crippen LogP contribution in [-0.2, 0) is 14.3 Å². The van der Waals surface area contributed by atoms with Gasteiger partial charge in [-0.2, -0.15) is 0 Å². The maximum absolute atomic E-state index is 12.2. The van der Waals surface area contributed by atoms with Crippen molar-refractivity contribution in [2.75, 3.05) is 25.6 Å². The number of anilines is 1. The van der Waals surface area contributed by atoms with Gasteiger partial charge in [-0.25, -0.2) is 4.79 Å². The minimum Gasteiger partial charge on any atom is -0.493 e. The van der Waals surface area contributed by atoms with Crippen LogP contribution in [0.15, 0.2) is 46.9 Å². The van der Waals surface area contributed by atoms with E-state index in [0.717, 1.165) is 17.3 Å². The van der Waals surface area contributed by atoms with Crippen molar-refractivity contribution in [1.29, 1.82) is 0 Å². The predicted octanol–water partition coefficient (Wildman–Crippen LogP) is 2.91. The summed E-state index contributed by atoms with van der Waals surface area (Å²) < 4.78 is 16.7. The highest BCUT2D eigenvalue weighted by Gasteiger charge is 2.24. The molecule has 2 aromatic rings. The Morgan fingerprint density at radius 3 is 2.40 bits per heavy atom. The molecule has 0 unspecified atom stereocenters. The highest BCUT2D eigenvalue weighted by atomic mass is 79.9. The minimum absolute atomic E-state index is 0.202. The van der Waals surface area contributed by atoms with Gasteiger partial charge in [0.25, 0.3) is 11.8 Å². The number of amides is 2. The molecule has 0 aromatic heterocycles. The number of methoxy groups -OCH3 is 1. The summed E-state index contributed by atoms with van der Waals surface area (Å²) in [5.41, 5.74) is 0.848. The number of ether oxygens (including phenoxy) is 3. The zero-order chi connectivity index (χ0) is 21.5. The largest absolute Gasteiger partial charge is 0.493 e. The Hall–Kier alpha value is -3.07. The number of halogens is 1. The van der Waals surface area contributed by atoms with E-state index in [4.69, 9.17) is 14.2 Å². The van der Waals surface area contributed by atoms with Crippen LogP contribution in [0.2, 0.25) is 0 Å². The van der Waals surface area contributed by atoms with Crippen molar-refractivity contribution in [3.8, 4) is 11.5 Å². The molecular weight excluding hydrogens is 456 g/mol. The van der Waals surface area contributed by atoms with Crippen LogP contribution in [0.1, 0.15) is 23.2 Å². The molecule has 2 N–H and O–H groups in total. The first-order valence-electron chi connectivity index (χ1n) is 9.27. The molecule has 0 saturated heterocycles. The summed E-state index contributed by atoms with van der Waals surface area (Å²) >= 11 is 3.33. The topological polar surface area (TPSA) is 103 Å². The van der Waals surface area contributed by atoms with Gasteiger partial charge in [0.1, 0.15) is 0 Å². The average molecular weight is 477 g/mol. The third-order valence-electron chi connectivity index (χ3n) is 4.16. The molecule has 1 aliphatic rings. The predicted molar refractivity (Wildman–Crippen MR) is 113 cm³/mol. The van der Waals surface area contributed by atoms with Crippen LogP contribution < -0.4 is 20.1 Å². The van der Waals surface area contributed by atoms with E-state index in [1.807, 2.05) is 12.1 Å². The van der Waals surface area contributed by atoms with Gasteiger partial charge < -0.3 is 24.8 Å². The number of benzene rings is 2. The Bertz CT molecular complexity index is 928. The molecule has 30 heavy (non-hydrogen) atoms. The Kier molecular flexibility index (Phi) is 7.29. The van der Waals surface area contributed by atoms with Gasteiger partial charge in [-0.1, -0.05) is 15.9 Å². The minimum atomic E-state index is -0.654. The van der Waals surface area contributed by atoms with Crippen molar-refractivity contribution in [2.45, 2.75) is 18.9 Å². The van der Waals surface area contributed by atoms with Gasteiger partial charge >= 0.3 is 5.97 Å². The molecule has 158 valence electrons. The summed E-state index contributed by atoms with van der Waals surface area (Å²) in [6.45, 7) is -0.580. The van der Waals surface area contributed by atoms with Crippen molar-refractivity contribution in [1.82, 2.24) is 5.32 Å². The van der Waals surface area contributed by atoms with Gasteiger partial charge in [0.2, 0.25) is 0 Å². The lowest BCUT2D eigenvalue weighted by molar-refractivity contribution is -0.124. The van der Waals surface area contributed by atoms with E-state index in [9.17, 15) is 14.4 Å². The third-order valence-corrected chi connectivity index (χ3v) is 4.69. The fraction of sp³-hybridized carbons (Fsp3) is 0.286. The quantitative estimate of drug-likeness (QED) is 0.539. The summed E-state index contributed by atoms with van der Waals surface area (Å²) in [5, 5.41) is 5.45. The van der Waals surface area contributed by atoms with Crippen LogP contribution in [0.3, 0.4) is 0 Å². The maximum atomic E-state index is 12.2. The fourth-order valence-corrected chi connectivity index (χ4v) is 2.76. The molecule has 0 radical (unpaired) electrons. The molecular formula is C21H21BrN2O6. The second kappa shape index (κ2) is 10.1. The number of hydrogen-bond acceptors (Lipinski definition) is 6. The molecule has 3 rings (SSSR count). The Morgan fingerprint density at radius 2 is 1.73 bits per heavy atom. The monoisotopic (exact) mass is 476 g/mol. The number of hydrogen-bond donors (Lipinski definition) is 2. The lowest BCUT2D eigenvalue weighted by Crippen LogP contribution is -2.30. The first kappa shape index (κ1) is 21.6. The van der Waals surface area contributed by atoms with Crippen LogP contribution in [0.25, 0.3) is 0 Å². The molecule has 0 spiro atoms. The average Bonchev–Trinajstić information content (AvgIpc) is 3.56. The van der Waals surface area contributed by atoms with Gasteiger partial charge in [-0.05, 0) is 55.3 Å². The van der Waals surface area contributed by atoms with Crippen molar-refractivity contribution in [3.05, 3.63) is 52.5 Å². The summed E-state index contributed by atoms with van der Waals surface area (Å²) in [6.07, 6.45) is 1.92. The molecule has 9 heteroatoms. The Labute approximate surface area is 182 Å². The lowest BCUT2D eigenvalue weighted by Gasteiger charge is -2.12. The first-order chi connectivity index (χ1) is 14.4. The van der Waals surface area contributed by atoms with Gasteiger partial charge in [0, 0.05) is 16.2 Å². The number of carbonyl (C=O) groups is 3. The maximum Gasteiger partial charge on any atom is 0.338 e. The van der Waals surface area contributed by atoms with E-state index in [1.54, 1.807) is 12.1 Å². The van der Waals surface area contributed by atoms with E-state index < -0.39 is 5.97 Å². The number of esters is 1. The van der Waals surface area contributed by atoms with Crippen molar-refractivity contribution in [3.63, 3.8) is 0 Å². The van der Waals surface area contributed by atoms with E-state index >= 15 is 0 Å². The zero-order valence-corrected chi connectivity index (χ0v) is 17.9. The molecule has 0 heterocycles. The van der Waals surface area contributed by atoms with Crippen molar-refractivity contribution >= 4 is 39.4 Å². The fourth-order valence-electron chi connectivity index (χ4n) is 2.50. The van der Waals surface area contributed by atoms with E-state index in [-0.39, 0.29) is 42.4 Å². The molecule has 1 saturated carbocycles. The second-order valence-corrected chi connectivity index (χ2v) is 7.54. The Morgan fingerprint density at radius 1 is 1.00 bits per heavy atom. The molecule has 0 aliphatic heterocycles. The zero-order valence-electron chi connectivity index (χ0n) is 16.3. The summed E-state index contributed by atoms with van der Waals surface area (Å²) in [4.78, 5) is 35.9. The van der Waals surface area contributed by atoms with Crippen molar-refractivity contribution in [2.24, 2.45) is 0 Å². The van der Waals surface area contributed by atoms with Gasteiger partial charge in [0.15, 0.2) is 24.7 Å². The van der Waals surface area contributed by atoms with Crippen LogP contribution in [0.5, 0.6) is 11.5 Å². The van der Waals surface area contributed by atoms with E-state index in [2.05, 4.69) is 26.6 Å². The summed E-state index contributed by atoms with van der Waals surface area (Å²) in [7, 11) is 1.42. The standard InChI is InChI=1S/C21H21BrN2O6/c1-28-18-10-13(21(27)30-12-20(26)24-16-7-8-16)2-9-17(18)29-11-19(25)23-15-5-3-14(22)4-6-15/h2-6,9-10,16H,7-8,11-12H2,1H3,(H,23,25)(H,24,26). The van der Waals surface area contributed by atoms with Gasteiger partial charge in [-0.15, -0.1) is 0 Å². The third kappa shape index (κ3) is 6.48. The molecule has 0 atom stereocenters.